The lowest BCUT2D eigenvalue weighted by atomic mass is 9.84. The average Bonchev–Trinajstić information content (AvgIpc) is 2.98. The molecule has 19 nitrogen and oxygen atoms in total. The van der Waals surface area contributed by atoms with Crippen LogP contribution in [0.4, 0.5) is 5.69 Å². The van der Waals surface area contributed by atoms with E-state index in [1.165, 1.54) is 24.3 Å². The zero-order valence-electron chi connectivity index (χ0n) is 25.2. The van der Waals surface area contributed by atoms with Crippen LogP contribution >= 0.6 is 0 Å². The van der Waals surface area contributed by atoms with E-state index in [2.05, 4.69) is 0 Å². The number of benzene rings is 1. The quantitative estimate of drug-likeness (QED) is 0.113. The Morgan fingerprint density at radius 2 is 1.41 bits per heavy atom. The second-order valence-corrected chi connectivity index (χ2v) is 13.2. The van der Waals surface area contributed by atoms with Crippen molar-refractivity contribution >= 4 is 21.6 Å². The number of sulfonamides is 1. The van der Waals surface area contributed by atoms with Crippen molar-refractivity contribution in [2.24, 2.45) is 28.7 Å². The summed E-state index contributed by atoms with van der Waals surface area (Å²) in [6, 6.07) is 2.31. The Labute approximate surface area is 266 Å². The van der Waals surface area contributed by atoms with Crippen molar-refractivity contribution in [1.29, 1.82) is 0 Å². The van der Waals surface area contributed by atoms with E-state index in [0.717, 1.165) is 6.92 Å². The molecule has 2 heterocycles. The minimum Gasteiger partial charge on any atom is -0.399 e. The summed E-state index contributed by atoms with van der Waals surface area (Å²) in [7, 11) is -3.73. The molecule has 0 unspecified atom stereocenters. The predicted octanol–water partition coefficient (Wildman–Crippen LogP) is -6.20. The van der Waals surface area contributed by atoms with Crippen LogP contribution < -0.4 is 39.1 Å². The number of carbonyl (C=O) groups excluding carboxylic acids is 1. The predicted molar refractivity (Wildman–Crippen MR) is 160 cm³/mol. The Hall–Kier alpha value is -2.12. The summed E-state index contributed by atoms with van der Waals surface area (Å²) in [6.07, 6.45) is -10.8. The number of ether oxygens (including phenoxy) is 4. The minimum atomic E-state index is -3.73. The molecule has 46 heavy (non-hydrogen) atoms. The van der Waals surface area contributed by atoms with Crippen LogP contribution in [0.5, 0.6) is 0 Å². The van der Waals surface area contributed by atoms with Crippen LogP contribution in [0.3, 0.4) is 0 Å². The van der Waals surface area contributed by atoms with E-state index >= 15 is 0 Å². The Bertz CT molecular complexity index is 1230. The maximum absolute atomic E-state index is 11.4. The Morgan fingerprint density at radius 3 is 1.93 bits per heavy atom. The number of amides is 1. The van der Waals surface area contributed by atoms with Crippen LogP contribution in [0, 0.1) is 0 Å². The third-order valence-electron chi connectivity index (χ3n) is 7.88. The molecule has 3 fully saturated rings. The molecule has 1 aromatic carbocycles. The molecule has 1 amide bonds. The third-order valence-corrected chi connectivity index (χ3v) is 9.33. The van der Waals surface area contributed by atoms with Gasteiger partial charge in [0.25, 0.3) is 10.0 Å². The first-order valence-electron chi connectivity index (χ1n) is 14.6. The Kier molecular flexibility index (Phi) is 13.6. The van der Waals surface area contributed by atoms with Crippen molar-refractivity contribution in [1.82, 2.24) is 4.72 Å². The highest BCUT2D eigenvalue weighted by atomic mass is 32.2. The zero-order valence-corrected chi connectivity index (χ0v) is 26.0. The van der Waals surface area contributed by atoms with Gasteiger partial charge in [0.2, 0.25) is 5.91 Å². The average molecular weight is 682 g/mol. The summed E-state index contributed by atoms with van der Waals surface area (Å²) < 4.78 is 47.3. The van der Waals surface area contributed by atoms with Crippen molar-refractivity contribution in [3.05, 3.63) is 24.3 Å². The summed E-state index contributed by atoms with van der Waals surface area (Å²) >= 11 is 0. The SMILES string of the molecule is CC(=O)NS(=O)(=O)c1ccc(N)cc1.NC[C@H]1O[C@H](O[C@H]2[C@H](O)[C@@H](O[C@H]3O[C@H](CO)[C@@H](O)[C@H](N)[C@H]3O)[C@H](N)C[C@@H]2N)[C@H](N)C[C@@H]1O. The number of nitrogens with one attached hydrogen (secondary N) is 1. The first-order valence-corrected chi connectivity index (χ1v) is 16.0. The van der Waals surface area contributed by atoms with Gasteiger partial charge in [-0.25, -0.2) is 13.1 Å². The molecular formula is C26H47N7O12S. The van der Waals surface area contributed by atoms with Crippen LogP contribution in [0.2, 0.25) is 0 Å². The Morgan fingerprint density at radius 1 is 0.870 bits per heavy atom. The monoisotopic (exact) mass is 681 g/mol. The van der Waals surface area contributed by atoms with Crippen molar-refractivity contribution in [2.75, 3.05) is 18.9 Å². The molecule has 1 aromatic rings. The van der Waals surface area contributed by atoms with Gasteiger partial charge < -0.3 is 78.9 Å². The van der Waals surface area contributed by atoms with E-state index in [4.69, 9.17) is 53.3 Å². The summed E-state index contributed by atoms with van der Waals surface area (Å²) in [6.45, 7) is 0.635. The molecule has 2 aliphatic heterocycles. The van der Waals surface area contributed by atoms with Crippen molar-refractivity contribution in [2.45, 2.75) is 110 Å². The van der Waals surface area contributed by atoms with Crippen LogP contribution in [-0.2, 0) is 33.8 Å². The van der Waals surface area contributed by atoms with Gasteiger partial charge in [-0.2, -0.15) is 0 Å². The smallest absolute Gasteiger partial charge is 0.264 e. The van der Waals surface area contributed by atoms with Gasteiger partial charge in [0.15, 0.2) is 12.6 Å². The van der Waals surface area contributed by atoms with Gasteiger partial charge in [-0.05, 0) is 37.1 Å². The van der Waals surface area contributed by atoms with Crippen LogP contribution in [0.25, 0.3) is 0 Å². The topological polar surface area (TPSA) is 357 Å². The molecule has 0 aromatic heterocycles. The number of anilines is 1. The van der Waals surface area contributed by atoms with Gasteiger partial charge in [-0.1, -0.05) is 0 Å². The molecule has 14 atom stereocenters. The molecule has 18 N–H and O–H groups in total. The summed E-state index contributed by atoms with van der Waals surface area (Å²) in [4.78, 5) is 10.6. The molecule has 264 valence electrons. The number of nitrogens with two attached hydrogens (primary N) is 6. The maximum Gasteiger partial charge on any atom is 0.264 e. The number of rotatable bonds is 8. The van der Waals surface area contributed by atoms with E-state index < -0.39 is 108 Å². The number of aliphatic hydroxyl groups is 5. The first-order chi connectivity index (χ1) is 21.5. The molecule has 0 spiro atoms. The number of aliphatic hydroxyl groups excluding tert-OH is 5. The van der Waals surface area contributed by atoms with Crippen LogP contribution in [0.15, 0.2) is 29.2 Å². The summed E-state index contributed by atoms with van der Waals surface area (Å²) in [5.41, 5.74) is 35.6. The largest absolute Gasteiger partial charge is 0.399 e. The van der Waals surface area contributed by atoms with E-state index in [-0.39, 0.29) is 24.3 Å². The maximum atomic E-state index is 11.4. The lowest BCUT2D eigenvalue weighted by Gasteiger charge is -2.47. The van der Waals surface area contributed by atoms with E-state index in [9.17, 15) is 38.7 Å². The lowest BCUT2D eigenvalue weighted by Crippen LogP contribution is -2.68. The first kappa shape index (κ1) is 38.3. The molecule has 0 bridgehead atoms. The molecule has 20 heteroatoms. The summed E-state index contributed by atoms with van der Waals surface area (Å²) in [5, 5.41) is 50.7. The van der Waals surface area contributed by atoms with Gasteiger partial charge >= 0.3 is 0 Å². The van der Waals surface area contributed by atoms with Crippen LogP contribution in [0.1, 0.15) is 19.8 Å². The highest BCUT2D eigenvalue weighted by Gasteiger charge is 2.50. The second-order valence-electron chi connectivity index (χ2n) is 11.5. The van der Waals surface area contributed by atoms with Gasteiger partial charge in [0.1, 0.15) is 36.6 Å². The van der Waals surface area contributed by atoms with E-state index in [1.54, 1.807) is 0 Å². The number of hydrogen-bond donors (Lipinski definition) is 12. The van der Waals surface area contributed by atoms with Gasteiger partial charge in [-0.3, -0.25) is 4.79 Å². The highest BCUT2D eigenvalue weighted by molar-refractivity contribution is 7.90. The van der Waals surface area contributed by atoms with E-state index in [1.807, 2.05) is 4.72 Å². The number of nitrogen functional groups attached to an aromatic ring is 1. The fourth-order valence-corrected chi connectivity index (χ4v) is 6.31. The van der Waals surface area contributed by atoms with Crippen molar-refractivity contribution in [3.8, 4) is 0 Å². The van der Waals surface area contributed by atoms with Gasteiger partial charge in [0.05, 0.1) is 35.8 Å². The number of carbonyl (C=O) groups is 1. The second kappa shape index (κ2) is 16.3. The third kappa shape index (κ3) is 9.27. The highest BCUT2D eigenvalue weighted by Crippen LogP contribution is 2.30. The summed E-state index contributed by atoms with van der Waals surface area (Å²) in [5.74, 6) is -0.623. The molecule has 2 saturated heterocycles. The van der Waals surface area contributed by atoms with E-state index in [0.29, 0.717) is 5.69 Å². The fourth-order valence-electron chi connectivity index (χ4n) is 5.32. The van der Waals surface area contributed by atoms with Crippen molar-refractivity contribution < 1.29 is 57.7 Å². The molecule has 3 aliphatic rings. The van der Waals surface area contributed by atoms with Crippen LogP contribution in [-0.4, -0.2) is 139 Å². The number of hydrogen-bond acceptors (Lipinski definition) is 18. The lowest BCUT2D eigenvalue weighted by molar-refractivity contribution is -0.314. The zero-order chi connectivity index (χ0) is 34.5. The molecule has 1 saturated carbocycles. The van der Waals surface area contributed by atoms with Gasteiger partial charge in [0, 0.05) is 31.2 Å². The fraction of sp³-hybridized carbons (Fsp3) is 0.731. The molecule has 0 radical (unpaired) electrons. The van der Waals surface area contributed by atoms with Gasteiger partial charge in [-0.15, -0.1) is 0 Å². The standard InChI is InChI=1S/C18H37N5O9.C8H10N2O3S/c19-3-9-8(25)2-7(22)17(29-9)31-15-5(20)1-6(21)16(14(15)28)32-18-13(27)11(23)12(26)10(4-24)30-18;1-6(11)10-14(12,13)8-4-2-7(9)3-5-8/h5-18,24-28H,1-4,19-23H2;2-5H,9H2,1H3,(H,10,11)/t5-,6+,7+,8-,9+,10+,11-,12+,13+,14-,15+,16-,17+,18+;/m0./s1. The normalized spacial score (nSPS) is 40.0. The molecule has 1 aliphatic carbocycles. The van der Waals surface area contributed by atoms with Crippen molar-refractivity contribution in [3.63, 3.8) is 0 Å². The molecular weight excluding hydrogens is 634 g/mol. The Balaban J connectivity index is 0.000000344. The minimum absolute atomic E-state index is 0.0156. The molecule has 4 rings (SSSR count).